The third-order valence-electron chi connectivity index (χ3n) is 3.52. The van der Waals surface area contributed by atoms with Crippen LogP contribution in [0.5, 0.6) is 0 Å². The molecule has 0 spiro atoms. The van der Waals surface area contributed by atoms with E-state index in [1.807, 2.05) is 18.2 Å². The second-order valence-electron chi connectivity index (χ2n) is 4.96. The Labute approximate surface area is 124 Å². The van der Waals surface area contributed by atoms with Gasteiger partial charge < -0.3 is 0 Å². The van der Waals surface area contributed by atoms with Crippen LogP contribution >= 0.6 is 11.6 Å². The maximum absolute atomic E-state index is 6.11. The first-order chi connectivity index (χ1) is 9.83. The van der Waals surface area contributed by atoms with Gasteiger partial charge in [-0.1, -0.05) is 60.1 Å². The van der Waals surface area contributed by atoms with E-state index in [0.29, 0.717) is 5.15 Å². The first-order valence-electron chi connectivity index (χ1n) is 6.91. The van der Waals surface area contributed by atoms with E-state index >= 15 is 0 Å². The fourth-order valence-electron chi connectivity index (χ4n) is 2.55. The van der Waals surface area contributed by atoms with E-state index < -0.39 is 0 Å². The van der Waals surface area contributed by atoms with Crippen LogP contribution in [0.2, 0.25) is 5.15 Å². The molecule has 0 aliphatic carbocycles. The van der Waals surface area contributed by atoms with Crippen molar-refractivity contribution in [1.82, 2.24) is 4.98 Å². The van der Waals surface area contributed by atoms with Crippen LogP contribution in [0.1, 0.15) is 17.5 Å². The molecular formula is C18H16ClN. The topological polar surface area (TPSA) is 12.9 Å². The Morgan fingerprint density at radius 3 is 2.45 bits per heavy atom. The minimum Gasteiger partial charge on any atom is -0.236 e. The van der Waals surface area contributed by atoms with Crippen LogP contribution in [0.25, 0.3) is 10.9 Å². The number of aryl methyl sites for hydroxylation is 2. The van der Waals surface area contributed by atoms with Crippen LogP contribution < -0.4 is 0 Å². The van der Waals surface area contributed by atoms with Crippen molar-refractivity contribution in [2.75, 3.05) is 0 Å². The summed E-state index contributed by atoms with van der Waals surface area (Å²) in [5.41, 5.74) is 3.66. The van der Waals surface area contributed by atoms with Gasteiger partial charge in [0, 0.05) is 5.39 Å². The molecule has 0 aliphatic rings. The monoisotopic (exact) mass is 281 g/mol. The molecule has 2 heteroatoms. The highest BCUT2D eigenvalue weighted by molar-refractivity contribution is 6.29. The summed E-state index contributed by atoms with van der Waals surface area (Å²) in [6.07, 6.45) is 3.24. The Bertz CT molecular complexity index is 707. The molecule has 0 radical (unpaired) electrons. The quantitative estimate of drug-likeness (QED) is 0.609. The smallest absolute Gasteiger partial charge is 0.130 e. The van der Waals surface area contributed by atoms with Crippen molar-refractivity contribution in [3.8, 4) is 0 Å². The summed E-state index contributed by atoms with van der Waals surface area (Å²) >= 11 is 6.11. The van der Waals surface area contributed by atoms with Crippen molar-refractivity contribution in [2.45, 2.75) is 19.3 Å². The van der Waals surface area contributed by atoms with Crippen LogP contribution in [0.4, 0.5) is 0 Å². The molecule has 0 unspecified atom stereocenters. The molecule has 1 nitrogen and oxygen atoms in total. The molecule has 100 valence electrons. The summed E-state index contributed by atoms with van der Waals surface area (Å²) in [6.45, 7) is 0. The molecule has 0 saturated carbocycles. The lowest BCUT2D eigenvalue weighted by Crippen LogP contribution is -1.93. The molecule has 0 aliphatic heterocycles. The standard InChI is InChI=1S/C18H16ClN/c19-18-13-15(16-11-4-5-12-17(16)20-18)10-6-9-14-7-2-1-3-8-14/h1-5,7-8,11-13H,6,9-10H2. The fraction of sp³-hybridized carbons (Fsp3) is 0.167. The van der Waals surface area contributed by atoms with E-state index in [1.165, 1.54) is 16.5 Å². The van der Waals surface area contributed by atoms with Gasteiger partial charge in [-0.15, -0.1) is 0 Å². The Morgan fingerprint density at radius 1 is 0.850 bits per heavy atom. The number of benzene rings is 2. The van der Waals surface area contributed by atoms with Gasteiger partial charge in [-0.2, -0.15) is 0 Å². The summed E-state index contributed by atoms with van der Waals surface area (Å²) in [5, 5.41) is 1.79. The van der Waals surface area contributed by atoms with E-state index in [-0.39, 0.29) is 0 Å². The molecular weight excluding hydrogens is 266 g/mol. The number of hydrogen-bond donors (Lipinski definition) is 0. The summed E-state index contributed by atoms with van der Waals surface area (Å²) in [5.74, 6) is 0. The highest BCUT2D eigenvalue weighted by Gasteiger charge is 2.04. The molecule has 2 aromatic carbocycles. The Hall–Kier alpha value is -1.86. The van der Waals surface area contributed by atoms with E-state index in [4.69, 9.17) is 11.6 Å². The number of rotatable bonds is 4. The lowest BCUT2D eigenvalue weighted by Gasteiger charge is -2.07. The zero-order valence-corrected chi connectivity index (χ0v) is 12.0. The zero-order valence-electron chi connectivity index (χ0n) is 11.2. The molecule has 3 aromatic rings. The lowest BCUT2D eigenvalue weighted by atomic mass is 10.0. The predicted octanol–water partition coefficient (Wildman–Crippen LogP) is 5.06. The van der Waals surface area contributed by atoms with Crippen LogP contribution in [0.3, 0.4) is 0 Å². The molecule has 3 rings (SSSR count). The summed E-state index contributed by atoms with van der Waals surface area (Å²) in [6, 6.07) is 20.8. The highest BCUT2D eigenvalue weighted by Crippen LogP contribution is 2.22. The van der Waals surface area contributed by atoms with Gasteiger partial charge in [0.25, 0.3) is 0 Å². The molecule has 0 amide bonds. The number of aromatic nitrogens is 1. The molecule has 0 saturated heterocycles. The first-order valence-corrected chi connectivity index (χ1v) is 7.29. The average Bonchev–Trinajstić information content (AvgIpc) is 2.48. The number of nitrogens with zero attached hydrogens (tertiary/aromatic N) is 1. The zero-order chi connectivity index (χ0) is 13.8. The Morgan fingerprint density at radius 2 is 1.60 bits per heavy atom. The second-order valence-corrected chi connectivity index (χ2v) is 5.35. The van der Waals surface area contributed by atoms with Gasteiger partial charge in [0.15, 0.2) is 0 Å². The van der Waals surface area contributed by atoms with Crippen molar-refractivity contribution in [3.63, 3.8) is 0 Å². The second kappa shape index (κ2) is 6.06. The lowest BCUT2D eigenvalue weighted by molar-refractivity contribution is 0.824. The Kier molecular flexibility index (Phi) is 3.98. The number of para-hydroxylation sites is 1. The van der Waals surface area contributed by atoms with Crippen molar-refractivity contribution in [3.05, 3.63) is 76.9 Å². The highest BCUT2D eigenvalue weighted by atomic mass is 35.5. The van der Waals surface area contributed by atoms with Crippen LogP contribution in [-0.2, 0) is 12.8 Å². The predicted molar refractivity (Wildman–Crippen MR) is 85.2 cm³/mol. The molecule has 0 N–H and O–H groups in total. The number of halogens is 1. The van der Waals surface area contributed by atoms with Crippen molar-refractivity contribution >= 4 is 22.5 Å². The minimum absolute atomic E-state index is 0.582. The van der Waals surface area contributed by atoms with Gasteiger partial charge in [-0.05, 0) is 42.5 Å². The molecule has 0 fully saturated rings. The summed E-state index contributed by atoms with van der Waals surface area (Å²) in [7, 11) is 0. The number of pyridine rings is 1. The minimum atomic E-state index is 0.582. The van der Waals surface area contributed by atoms with Gasteiger partial charge in [0.2, 0.25) is 0 Å². The van der Waals surface area contributed by atoms with E-state index in [1.54, 1.807) is 0 Å². The molecule has 1 aromatic heterocycles. The van der Waals surface area contributed by atoms with Gasteiger partial charge in [0.05, 0.1) is 5.52 Å². The van der Waals surface area contributed by atoms with E-state index in [2.05, 4.69) is 47.4 Å². The third-order valence-corrected chi connectivity index (χ3v) is 3.72. The van der Waals surface area contributed by atoms with E-state index in [0.717, 1.165) is 24.8 Å². The molecule has 0 bridgehead atoms. The van der Waals surface area contributed by atoms with Gasteiger partial charge in [-0.25, -0.2) is 4.98 Å². The molecule has 1 heterocycles. The van der Waals surface area contributed by atoms with Gasteiger partial charge in [-0.3, -0.25) is 0 Å². The fourth-order valence-corrected chi connectivity index (χ4v) is 2.77. The van der Waals surface area contributed by atoms with Crippen LogP contribution in [0, 0.1) is 0 Å². The maximum atomic E-state index is 6.11. The molecule has 0 atom stereocenters. The number of hydrogen-bond acceptors (Lipinski definition) is 1. The number of fused-ring (bicyclic) bond motifs is 1. The van der Waals surface area contributed by atoms with Crippen molar-refractivity contribution in [1.29, 1.82) is 0 Å². The van der Waals surface area contributed by atoms with Gasteiger partial charge >= 0.3 is 0 Å². The first kappa shape index (κ1) is 13.1. The Balaban J connectivity index is 1.77. The van der Waals surface area contributed by atoms with Gasteiger partial charge in [0.1, 0.15) is 5.15 Å². The maximum Gasteiger partial charge on any atom is 0.130 e. The van der Waals surface area contributed by atoms with E-state index in [9.17, 15) is 0 Å². The SMILES string of the molecule is Clc1cc(CCCc2ccccc2)c2ccccc2n1. The molecule has 20 heavy (non-hydrogen) atoms. The summed E-state index contributed by atoms with van der Waals surface area (Å²) < 4.78 is 0. The van der Waals surface area contributed by atoms with Crippen molar-refractivity contribution < 1.29 is 0 Å². The third kappa shape index (κ3) is 3.00. The van der Waals surface area contributed by atoms with Crippen LogP contribution in [-0.4, -0.2) is 4.98 Å². The van der Waals surface area contributed by atoms with Crippen LogP contribution in [0.15, 0.2) is 60.7 Å². The largest absolute Gasteiger partial charge is 0.236 e. The average molecular weight is 282 g/mol. The van der Waals surface area contributed by atoms with Crippen molar-refractivity contribution in [2.24, 2.45) is 0 Å². The normalized spacial score (nSPS) is 10.8. The summed E-state index contributed by atoms with van der Waals surface area (Å²) in [4.78, 5) is 4.37.